The topological polar surface area (TPSA) is 61.9 Å². The van der Waals surface area contributed by atoms with Gasteiger partial charge in [-0.25, -0.2) is 0 Å². The van der Waals surface area contributed by atoms with Crippen molar-refractivity contribution in [2.75, 3.05) is 39.4 Å². The summed E-state index contributed by atoms with van der Waals surface area (Å²) < 4.78 is 5.39. The summed E-state index contributed by atoms with van der Waals surface area (Å²) in [6, 6.07) is 6.42. The highest BCUT2D eigenvalue weighted by molar-refractivity contribution is 5.86. The Morgan fingerprint density at radius 2 is 2.00 bits per heavy atom. The van der Waals surface area contributed by atoms with E-state index in [0.717, 1.165) is 12.1 Å². The molecule has 0 saturated carbocycles. The molecule has 0 aliphatic carbocycles. The number of rotatable bonds is 4. The molecule has 2 heterocycles. The molecule has 0 radical (unpaired) electrons. The van der Waals surface area contributed by atoms with Crippen molar-refractivity contribution < 1.29 is 14.3 Å². The highest BCUT2D eigenvalue weighted by atomic mass is 16.5. The maximum atomic E-state index is 12.5. The predicted octanol–water partition coefficient (Wildman–Crippen LogP) is 0.853. The number of nitrogens with zero attached hydrogens (tertiary/aromatic N) is 2. The minimum absolute atomic E-state index is 0.0200. The Balaban J connectivity index is 1.53. The average Bonchev–Trinajstić information content (AvgIpc) is 2.56. The smallest absolute Gasteiger partial charge is 0.242 e. The molecule has 1 atom stereocenters. The van der Waals surface area contributed by atoms with Crippen LogP contribution in [-0.4, -0.2) is 67.0 Å². The van der Waals surface area contributed by atoms with Crippen molar-refractivity contribution in [1.82, 2.24) is 15.1 Å². The summed E-state index contributed by atoms with van der Waals surface area (Å²) in [5, 5.41) is 3.28. The van der Waals surface area contributed by atoms with E-state index < -0.39 is 0 Å². The molecule has 0 aromatic heterocycles. The number of hydrogen-bond acceptors (Lipinski definition) is 4. The Bertz CT molecular complexity index is 621. The van der Waals surface area contributed by atoms with Crippen molar-refractivity contribution in [2.45, 2.75) is 32.9 Å². The lowest BCUT2D eigenvalue weighted by molar-refractivity contribution is -0.146. The van der Waals surface area contributed by atoms with Gasteiger partial charge in [0.15, 0.2) is 0 Å². The molecule has 2 amide bonds. The Kier molecular flexibility index (Phi) is 5.71. The van der Waals surface area contributed by atoms with Crippen molar-refractivity contribution in [3.63, 3.8) is 0 Å². The van der Waals surface area contributed by atoms with Crippen LogP contribution in [0.1, 0.15) is 23.1 Å². The second-order valence-corrected chi connectivity index (χ2v) is 7.06. The zero-order chi connectivity index (χ0) is 17.8. The van der Waals surface area contributed by atoms with Gasteiger partial charge < -0.3 is 19.9 Å². The Labute approximate surface area is 149 Å². The van der Waals surface area contributed by atoms with E-state index in [-0.39, 0.29) is 24.4 Å². The summed E-state index contributed by atoms with van der Waals surface area (Å²) in [7, 11) is 0. The highest BCUT2D eigenvalue weighted by Gasteiger charge is 2.28. The summed E-state index contributed by atoms with van der Waals surface area (Å²) in [6.07, 6.45) is 0.393. The van der Waals surface area contributed by atoms with Crippen LogP contribution in [0.25, 0.3) is 0 Å². The van der Waals surface area contributed by atoms with Gasteiger partial charge in [0, 0.05) is 38.6 Å². The molecular formula is C19H27N3O3. The number of carbonyl (C=O) groups excluding carboxylic acids is 2. The van der Waals surface area contributed by atoms with E-state index in [1.807, 2.05) is 4.90 Å². The number of piperazine rings is 1. The maximum absolute atomic E-state index is 12.5. The minimum Gasteiger partial charge on any atom is -0.378 e. The molecule has 2 aliphatic heterocycles. The highest BCUT2D eigenvalue weighted by Crippen LogP contribution is 2.14. The zero-order valence-electron chi connectivity index (χ0n) is 15.1. The largest absolute Gasteiger partial charge is 0.378 e. The van der Waals surface area contributed by atoms with Gasteiger partial charge in [0.2, 0.25) is 11.8 Å². The number of amides is 2. The first kappa shape index (κ1) is 17.9. The van der Waals surface area contributed by atoms with Crippen LogP contribution in [0.2, 0.25) is 0 Å². The van der Waals surface area contributed by atoms with E-state index in [1.165, 1.54) is 11.1 Å². The zero-order valence-corrected chi connectivity index (χ0v) is 15.1. The second-order valence-electron chi connectivity index (χ2n) is 7.06. The lowest BCUT2D eigenvalue weighted by atomic mass is 10.1. The first-order chi connectivity index (χ1) is 12.0. The van der Waals surface area contributed by atoms with Crippen molar-refractivity contribution in [2.24, 2.45) is 0 Å². The molecule has 0 unspecified atom stereocenters. The van der Waals surface area contributed by atoms with Crippen LogP contribution >= 0.6 is 0 Å². The third-order valence-corrected chi connectivity index (χ3v) is 4.75. The van der Waals surface area contributed by atoms with Gasteiger partial charge in [0.1, 0.15) is 0 Å². The van der Waals surface area contributed by atoms with Gasteiger partial charge in [-0.2, -0.15) is 0 Å². The molecule has 0 bridgehead atoms. The lowest BCUT2D eigenvalue weighted by Gasteiger charge is -2.35. The molecule has 6 nitrogen and oxygen atoms in total. The van der Waals surface area contributed by atoms with Crippen LogP contribution in [0.15, 0.2) is 18.2 Å². The van der Waals surface area contributed by atoms with Gasteiger partial charge in [-0.1, -0.05) is 29.3 Å². The fourth-order valence-corrected chi connectivity index (χ4v) is 3.56. The summed E-state index contributed by atoms with van der Waals surface area (Å²) >= 11 is 0. The Hall–Kier alpha value is -1.92. The van der Waals surface area contributed by atoms with Crippen molar-refractivity contribution in [3.8, 4) is 0 Å². The third-order valence-electron chi connectivity index (χ3n) is 4.75. The molecule has 136 valence electrons. The summed E-state index contributed by atoms with van der Waals surface area (Å²) in [5.74, 6) is 0.0500. The van der Waals surface area contributed by atoms with E-state index in [2.05, 4.69) is 37.4 Å². The average molecular weight is 345 g/mol. The summed E-state index contributed by atoms with van der Waals surface area (Å²) in [6.45, 7) is 8.15. The number of morpholine rings is 1. The van der Waals surface area contributed by atoms with E-state index in [9.17, 15) is 9.59 Å². The van der Waals surface area contributed by atoms with Gasteiger partial charge in [-0.3, -0.25) is 9.59 Å². The molecule has 2 saturated heterocycles. The minimum atomic E-state index is 0.0200. The predicted molar refractivity (Wildman–Crippen MR) is 95.1 cm³/mol. The SMILES string of the molecule is Cc1cc(C)cc(CN2CCN(C(=O)C[C@H]3COCCN3)CC2=O)c1. The van der Waals surface area contributed by atoms with Crippen molar-refractivity contribution in [3.05, 3.63) is 34.9 Å². The van der Waals surface area contributed by atoms with Gasteiger partial charge >= 0.3 is 0 Å². The number of ether oxygens (including phenoxy) is 1. The van der Waals surface area contributed by atoms with E-state index in [4.69, 9.17) is 4.74 Å². The molecule has 25 heavy (non-hydrogen) atoms. The van der Waals surface area contributed by atoms with Crippen LogP contribution in [0.5, 0.6) is 0 Å². The maximum Gasteiger partial charge on any atom is 0.242 e. The number of aryl methyl sites for hydroxylation is 2. The molecule has 1 N–H and O–H groups in total. The fraction of sp³-hybridized carbons (Fsp3) is 0.579. The molecule has 3 rings (SSSR count). The number of nitrogens with one attached hydrogen (secondary N) is 1. The monoisotopic (exact) mass is 345 g/mol. The van der Waals surface area contributed by atoms with E-state index in [0.29, 0.717) is 39.3 Å². The quantitative estimate of drug-likeness (QED) is 0.879. The van der Waals surface area contributed by atoms with E-state index in [1.54, 1.807) is 4.90 Å². The Morgan fingerprint density at radius 3 is 2.64 bits per heavy atom. The number of benzene rings is 1. The fourth-order valence-electron chi connectivity index (χ4n) is 3.56. The number of carbonyl (C=O) groups is 2. The first-order valence-corrected chi connectivity index (χ1v) is 8.95. The molecule has 0 spiro atoms. The van der Waals surface area contributed by atoms with Crippen LogP contribution in [0.4, 0.5) is 0 Å². The van der Waals surface area contributed by atoms with E-state index >= 15 is 0 Å². The van der Waals surface area contributed by atoms with Crippen LogP contribution in [0.3, 0.4) is 0 Å². The van der Waals surface area contributed by atoms with Gasteiger partial charge in [0.25, 0.3) is 0 Å². The standard InChI is InChI=1S/C19H27N3O3/c1-14-7-15(2)9-16(8-14)11-21-4-5-22(12-19(21)24)18(23)10-17-13-25-6-3-20-17/h7-9,17,20H,3-6,10-13H2,1-2H3/t17-/m0/s1. The molecule has 1 aromatic carbocycles. The van der Waals surface area contributed by atoms with Gasteiger partial charge in [-0.15, -0.1) is 0 Å². The number of hydrogen-bond donors (Lipinski definition) is 1. The van der Waals surface area contributed by atoms with Crippen molar-refractivity contribution >= 4 is 11.8 Å². The molecular weight excluding hydrogens is 318 g/mol. The van der Waals surface area contributed by atoms with Crippen molar-refractivity contribution in [1.29, 1.82) is 0 Å². The summed E-state index contributed by atoms with van der Waals surface area (Å²) in [5.41, 5.74) is 3.56. The molecule has 6 heteroatoms. The molecule has 2 fully saturated rings. The van der Waals surface area contributed by atoms with Gasteiger partial charge in [-0.05, 0) is 19.4 Å². The molecule has 1 aromatic rings. The lowest BCUT2D eigenvalue weighted by Crippen LogP contribution is -2.53. The normalized spacial score (nSPS) is 21.5. The second kappa shape index (κ2) is 7.97. The van der Waals surface area contributed by atoms with Gasteiger partial charge in [0.05, 0.1) is 19.8 Å². The Morgan fingerprint density at radius 1 is 1.24 bits per heavy atom. The summed E-state index contributed by atoms with van der Waals surface area (Å²) in [4.78, 5) is 28.4. The van der Waals surface area contributed by atoms with Crippen LogP contribution in [0, 0.1) is 13.8 Å². The first-order valence-electron chi connectivity index (χ1n) is 8.95. The third kappa shape index (κ3) is 4.80. The van der Waals surface area contributed by atoms with Crippen LogP contribution in [-0.2, 0) is 20.9 Å². The van der Waals surface area contributed by atoms with Crippen LogP contribution < -0.4 is 5.32 Å². The molecule has 2 aliphatic rings.